The van der Waals surface area contributed by atoms with Crippen molar-refractivity contribution >= 4 is 0 Å². The van der Waals surface area contributed by atoms with Gasteiger partial charge in [-0.25, -0.2) is 0 Å². The molecule has 5 atom stereocenters. The van der Waals surface area contributed by atoms with Crippen molar-refractivity contribution in [3.8, 4) is 0 Å². The van der Waals surface area contributed by atoms with Gasteiger partial charge in [0.05, 0.1) is 33.0 Å². The molecule has 1 N–H and O–H groups in total. The predicted octanol–water partition coefficient (Wildman–Crippen LogP) is 5.32. The summed E-state index contributed by atoms with van der Waals surface area (Å²) < 4.78 is 31.3. The molecule has 4 aromatic rings. The summed E-state index contributed by atoms with van der Waals surface area (Å²) in [5, 5.41) is 23.8. The van der Waals surface area contributed by atoms with E-state index in [-0.39, 0.29) is 26.4 Å². The van der Waals surface area contributed by atoms with E-state index in [0.29, 0.717) is 6.61 Å². The number of ether oxygens (including phenoxy) is 5. The third-order valence-corrected chi connectivity index (χ3v) is 7.65. The Morgan fingerprint density at radius 3 is 1.55 bits per heavy atom. The van der Waals surface area contributed by atoms with Crippen LogP contribution in [0.3, 0.4) is 0 Å². The van der Waals surface area contributed by atoms with Crippen LogP contribution in [0.5, 0.6) is 0 Å². The van der Waals surface area contributed by atoms with Crippen LogP contribution in [0, 0.1) is 10.1 Å². The number of aliphatic hydroxyl groups excluding tert-OH is 1. The smallest absolute Gasteiger partial charge is 0.322 e. The number of benzene rings is 4. The van der Waals surface area contributed by atoms with E-state index in [4.69, 9.17) is 23.7 Å². The van der Waals surface area contributed by atoms with E-state index in [9.17, 15) is 15.2 Å². The molecule has 1 aliphatic heterocycles. The van der Waals surface area contributed by atoms with Crippen LogP contribution < -0.4 is 0 Å². The van der Waals surface area contributed by atoms with E-state index in [1.165, 1.54) is 0 Å². The summed E-state index contributed by atoms with van der Waals surface area (Å²) >= 11 is 0. The normalized spacial score (nSPS) is 23.3. The minimum atomic E-state index is -2.19. The first-order valence-corrected chi connectivity index (χ1v) is 14.6. The third kappa shape index (κ3) is 7.75. The molecule has 1 saturated heterocycles. The lowest BCUT2D eigenvalue weighted by atomic mass is 9.83. The van der Waals surface area contributed by atoms with Crippen molar-refractivity contribution in [3.63, 3.8) is 0 Å². The first-order chi connectivity index (χ1) is 21.6. The standard InChI is InChI=1S/C35H37NO8/c37-26-35(36(38)39)33(42-23-29-17-9-3-10-18-29)32(41-22-28-15-7-2-8-16-28)31(25-40-21-27-13-5-1-6-14-27)44-34(35)43-24-30-19-11-4-12-20-30/h1-20,31-34,37H,21-26H2/t31-,32-,33+,34-,35+/m1/s1. The number of hydrogen-bond donors (Lipinski definition) is 1. The maximum absolute atomic E-state index is 13.0. The summed E-state index contributed by atoms with van der Waals surface area (Å²) in [7, 11) is 0. The average Bonchev–Trinajstić information content (AvgIpc) is 3.07. The highest BCUT2D eigenvalue weighted by Crippen LogP contribution is 2.38. The summed E-state index contributed by atoms with van der Waals surface area (Å²) in [6, 6.07) is 37.8. The molecule has 230 valence electrons. The lowest BCUT2D eigenvalue weighted by Gasteiger charge is -2.47. The monoisotopic (exact) mass is 599 g/mol. The lowest BCUT2D eigenvalue weighted by Crippen LogP contribution is -2.73. The highest BCUT2D eigenvalue weighted by atomic mass is 16.7. The van der Waals surface area contributed by atoms with Crippen molar-refractivity contribution in [1.29, 1.82) is 0 Å². The Kier molecular flexibility index (Phi) is 11.2. The van der Waals surface area contributed by atoms with Gasteiger partial charge in [-0.15, -0.1) is 0 Å². The fourth-order valence-electron chi connectivity index (χ4n) is 5.27. The molecule has 9 nitrogen and oxygen atoms in total. The SMILES string of the molecule is O=[N+]([O-])[C@]1(CO)[C@H](OCc2ccccc2)O[C@H](COCc2ccccc2)[C@@H](OCc2ccccc2)[C@@H]1OCc1ccccc1. The minimum absolute atomic E-state index is 0.0274. The molecule has 0 radical (unpaired) electrons. The molecule has 0 aliphatic carbocycles. The Morgan fingerprint density at radius 2 is 1.09 bits per heavy atom. The van der Waals surface area contributed by atoms with Crippen molar-refractivity contribution in [1.82, 2.24) is 0 Å². The second-order valence-electron chi connectivity index (χ2n) is 10.7. The molecule has 0 aromatic heterocycles. The van der Waals surface area contributed by atoms with Crippen LogP contribution >= 0.6 is 0 Å². The van der Waals surface area contributed by atoms with Crippen LogP contribution in [0.2, 0.25) is 0 Å². The first-order valence-electron chi connectivity index (χ1n) is 14.6. The average molecular weight is 600 g/mol. The summed E-state index contributed by atoms with van der Waals surface area (Å²) in [4.78, 5) is 12.4. The number of nitro groups is 1. The van der Waals surface area contributed by atoms with Crippen molar-refractivity contribution in [3.05, 3.63) is 154 Å². The maximum atomic E-state index is 13.0. The van der Waals surface area contributed by atoms with Gasteiger partial charge >= 0.3 is 5.54 Å². The molecule has 4 aromatic carbocycles. The van der Waals surface area contributed by atoms with Gasteiger partial charge in [-0.1, -0.05) is 121 Å². The third-order valence-electron chi connectivity index (χ3n) is 7.65. The molecule has 1 fully saturated rings. The van der Waals surface area contributed by atoms with Gasteiger partial charge in [-0.05, 0) is 22.3 Å². The van der Waals surface area contributed by atoms with Crippen molar-refractivity contribution < 1.29 is 33.7 Å². The van der Waals surface area contributed by atoms with Crippen LogP contribution in [-0.4, -0.2) is 53.4 Å². The van der Waals surface area contributed by atoms with E-state index < -0.39 is 41.7 Å². The zero-order valence-corrected chi connectivity index (χ0v) is 24.4. The summed E-state index contributed by atoms with van der Waals surface area (Å²) in [6.45, 7) is -0.331. The largest absolute Gasteiger partial charge is 0.389 e. The molecule has 1 heterocycles. The van der Waals surface area contributed by atoms with E-state index in [2.05, 4.69) is 0 Å². The molecule has 5 rings (SSSR count). The second-order valence-corrected chi connectivity index (χ2v) is 10.7. The van der Waals surface area contributed by atoms with E-state index >= 15 is 0 Å². The van der Waals surface area contributed by atoms with Gasteiger partial charge < -0.3 is 28.8 Å². The molecule has 9 heteroatoms. The van der Waals surface area contributed by atoms with Crippen LogP contribution in [0.25, 0.3) is 0 Å². The first kappa shape index (κ1) is 31.5. The van der Waals surface area contributed by atoms with Crippen LogP contribution in [0.15, 0.2) is 121 Å². The topological polar surface area (TPSA) is 110 Å². The molecule has 44 heavy (non-hydrogen) atoms. The predicted molar refractivity (Wildman–Crippen MR) is 163 cm³/mol. The zero-order chi connectivity index (χ0) is 30.6. The molecule has 0 unspecified atom stereocenters. The van der Waals surface area contributed by atoms with Crippen molar-refractivity contribution in [2.45, 2.75) is 56.6 Å². The van der Waals surface area contributed by atoms with Gasteiger partial charge in [-0.3, -0.25) is 10.1 Å². The van der Waals surface area contributed by atoms with Gasteiger partial charge in [0.15, 0.2) is 6.10 Å². The molecule has 0 saturated carbocycles. The quantitative estimate of drug-likeness (QED) is 0.144. The van der Waals surface area contributed by atoms with Crippen molar-refractivity contribution in [2.75, 3.05) is 13.2 Å². The molecular weight excluding hydrogens is 562 g/mol. The molecule has 1 aliphatic rings. The summed E-state index contributed by atoms with van der Waals surface area (Å²) in [5.41, 5.74) is 1.26. The van der Waals surface area contributed by atoms with Crippen LogP contribution in [0.1, 0.15) is 22.3 Å². The summed E-state index contributed by atoms with van der Waals surface area (Å²) in [6.07, 6.45) is -4.52. The molecular formula is C35H37NO8. The number of aliphatic hydroxyl groups is 1. The lowest BCUT2D eigenvalue weighted by molar-refractivity contribution is -0.629. The Balaban J connectivity index is 1.48. The van der Waals surface area contributed by atoms with Gasteiger partial charge in [-0.2, -0.15) is 0 Å². The van der Waals surface area contributed by atoms with Gasteiger partial charge in [0.1, 0.15) is 18.8 Å². The van der Waals surface area contributed by atoms with E-state index in [1.807, 2.05) is 121 Å². The van der Waals surface area contributed by atoms with Crippen LogP contribution in [-0.2, 0) is 50.1 Å². The molecule has 0 bridgehead atoms. The summed E-state index contributed by atoms with van der Waals surface area (Å²) in [5.74, 6) is 0. The number of rotatable bonds is 15. The Labute approximate surface area is 257 Å². The van der Waals surface area contributed by atoms with Gasteiger partial charge in [0.2, 0.25) is 6.29 Å². The highest BCUT2D eigenvalue weighted by Gasteiger charge is 2.67. The molecule has 0 spiro atoms. The van der Waals surface area contributed by atoms with E-state index in [1.54, 1.807) is 0 Å². The Morgan fingerprint density at radius 1 is 0.659 bits per heavy atom. The fourth-order valence-corrected chi connectivity index (χ4v) is 5.27. The Bertz CT molecular complexity index is 1410. The molecule has 0 amide bonds. The highest BCUT2D eigenvalue weighted by molar-refractivity contribution is 5.17. The fraction of sp³-hybridized carbons (Fsp3) is 0.314. The van der Waals surface area contributed by atoms with Gasteiger partial charge in [0.25, 0.3) is 0 Å². The minimum Gasteiger partial charge on any atom is -0.389 e. The zero-order valence-electron chi connectivity index (χ0n) is 24.4. The second kappa shape index (κ2) is 15.7. The maximum Gasteiger partial charge on any atom is 0.322 e. The number of hydrogen-bond acceptors (Lipinski definition) is 8. The van der Waals surface area contributed by atoms with Crippen molar-refractivity contribution in [2.24, 2.45) is 0 Å². The number of nitrogens with zero attached hydrogens (tertiary/aromatic N) is 1. The van der Waals surface area contributed by atoms with E-state index in [0.717, 1.165) is 22.3 Å². The Hall–Kier alpha value is -3.96. The van der Waals surface area contributed by atoms with Crippen LogP contribution in [0.4, 0.5) is 0 Å². The van der Waals surface area contributed by atoms with Gasteiger partial charge in [0, 0.05) is 4.92 Å².